The van der Waals surface area contributed by atoms with Crippen molar-refractivity contribution in [2.45, 2.75) is 20.3 Å². The summed E-state index contributed by atoms with van der Waals surface area (Å²) in [7, 11) is 3.23. The lowest BCUT2D eigenvalue weighted by molar-refractivity contribution is 0.355. The standard InChI is InChI=1S/C21H24N4O2/c1-5-15-8-6-7-9-17(15)24-21-22-14(2)12-20(25-21)23-16-10-11-18(26-3)19(13-16)27-4/h6-13H,5H2,1-4H3,(H2,22,23,24,25). The van der Waals surface area contributed by atoms with E-state index in [1.54, 1.807) is 14.2 Å². The molecule has 0 amide bonds. The van der Waals surface area contributed by atoms with E-state index in [0.29, 0.717) is 23.3 Å². The lowest BCUT2D eigenvalue weighted by Gasteiger charge is -2.13. The first-order valence-electron chi connectivity index (χ1n) is 8.82. The molecule has 3 aromatic rings. The first-order valence-corrected chi connectivity index (χ1v) is 8.82. The van der Waals surface area contributed by atoms with Crippen LogP contribution in [0.2, 0.25) is 0 Å². The van der Waals surface area contributed by atoms with Crippen LogP contribution in [0.25, 0.3) is 0 Å². The molecule has 0 radical (unpaired) electrons. The number of aryl methyl sites for hydroxylation is 2. The minimum absolute atomic E-state index is 0.555. The van der Waals surface area contributed by atoms with Gasteiger partial charge in [0.15, 0.2) is 11.5 Å². The lowest BCUT2D eigenvalue weighted by atomic mass is 10.1. The van der Waals surface area contributed by atoms with Crippen LogP contribution in [0.5, 0.6) is 11.5 Å². The number of nitrogens with one attached hydrogen (secondary N) is 2. The largest absolute Gasteiger partial charge is 0.493 e. The highest BCUT2D eigenvalue weighted by molar-refractivity contribution is 5.64. The van der Waals surface area contributed by atoms with Crippen LogP contribution in [0.3, 0.4) is 0 Å². The second-order valence-corrected chi connectivity index (χ2v) is 6.05. The molecule has 0 atom stereocenters. The summed E-state index contributed by atoms with van der Waals surface area (Å²) < 4.78 is 10.6. The molecular weight excluding hydrogens is 340 g/mol. The van der Waals surface area contributed by atoms with Gasteiger partial charge in [0.2, 0.25) is 5.95 Å². The van der Waals surface area contributed by atoms with Gasteiger partial charge in [-0.25, -0.2) is 4.98 Å². The van der Waals surface area contributed by atoms with E-state index in [-0.39, 0.29) is 0 Å². The summed E-state index contributed by atoms with van der Waals surface area (Å²) in [5, 5.41) is 6.62. The van der Waals surface area contributed by atoms with Gasteiger partial charge in [0.05, 0.1) is 14.2 Å². The third-order valence-electron chi connectivity index (χ3n) is 4.15. The van der Waals surface area contributed by atoms with Crippen molar-refractivity contribution in [3.8, 4) is 11.5 Å². The Morgan fingerprint density at radius 1 is 0.889 bits per heavy atom. The maximum Gasteiger partial charge on any atom is 0.229 e. The minimum atomic E-state index is 0.555. The number of ether oxygens (including phenoxy) is 2. The Hall–Kier alpha value is -3.28. The number of rotatable bonds is 7. The molecule has 6 nitrogen and oxygen atoms in total. The number of benzene rings is 2. The Balaban J connectivity index is 1.85. The molecule has 1 heterocycles. The molecular formula is C21H24N4O2. The topological polar surface area (TPSA) is 68.3 Å². The Bertz CT molecular complexity index is 928. The molecule has 0 fully saturated rings. The number of para-hydroxylation sites is 1. The van der Waals surface area contributed by atoms with E-state index in [0.717, 1.165) is 23.5 Å². The van der Waals surface area contributed by atoms with Gasteiger partial charge < -0.3 is 20.1 Å². The van der Waals surface area contributed by atoms with Crippen molar-refractivity contribution in [1.29, 1.82) is 0 Å². The van der Waals surface area contributed by atoms with Crippen molar-refractivity contribution in [1.82, 2.24) is 9.97 Å². The first-order chi connectivity index (χ1) is 13.1. The van der Waals surface area contributed by atoms with Gasteiger partial charge in [-0.2, -0.15) is 4.98 Å². The molecule has 0 spiro atoms. The van der Waals surface area contributed by atoms with E-state index < -0.39 is 0 Å². The number of aromatic nitrogens is 2. The van der Waals surface area contributed by atoms with Crippen molar-refractivity contribution in [2.24, 2.45) is 0 Å². The van der Waals surface area contributed by atoms with E-state index in [2.05, 4.69) is 33.6 Å². The molecule has 1 aromatic heterocycles. The van der Waals surface area contributed by atoms with Crippen molar-refractivity contribution >= 4 is 23.1 Å². The molecule has 27 heavy (non-hydrogen) atoms. The van der Waals surface area contributed by atoms with Crippen LogP contribution >= 0.6 is 0 Å². The molecule has 2 N–H and O–H groups in total. The van der Waals surface area contributed by atoms with Crippen molar-refractivity contribution < 1.29 is 9.47 Å². The monoisotopic (exact) mass is 364 g/mol. The third kappa shape index (κ3) is 4.47. The normalized spacial score (nSPS) is 10.4. The van der Waals surface area contributed by atoms with Crippen LogP contribution in [0.4, 0.5) is 23.1 Å². The molecule has 0 aliphatic heterocycles. The zero-order valence-electron chi connectivity index (χ0n) is 16.0. The summed E-state index contributed by atoms with van der Waals surface area (Å²) in [5.74, 6) is 2.59. The highest BCUT2D eigenvalue weighted by Gasteiger charge is 2.08. The second-order valence-electron chi connectivity index (χ2n) is 6.05. The zero-order chi connectivity index (χ0) is 19.2. The highest BCUT2D eigenvalue weighted by Crippen LogP contribution is 2.31. The third-order valence-corrected chi connectivity index (χ3v) is 4.15. The minimum Gasteiger partial charge on any atom is -0.493 e. The van der Waals surface area contributed by atoms with Crippen molar-refractivity contribution in [2.75, 3.05) is 24.9 Å². The number of anilines is 4. The van der Waals surface area contributed by atoms with Crippen LogP contribution in [-0.4, -0.2) is 24.2 Å². The van der Waals surface area contributed by atoms with Gasteiger partial charge in [-0.1, -0.05) is 25.1 Å². The van der Waals surface area contributed by atoms with Crippen molar-refractivity contribution in [3.05, 3.63) is 59.8 Å². The van der Waals surface area contributed by atoms with Gasteiger partial charge in [-0.3, -0.25) is 0 Å². The average molecular weight is 364 g/mol. The van der Waals surface area contributed by atoms with Gasteiger partial charge in [-0.15, -0.1) is 0 Å². The maximum atomic E-state index is 5.36. The van der Waals surface area contributed by atoms with Crippen molar-refractivity contribution in [3.63, 3.8) is 0 Å². The summed E-state index contributed by atoms with van der Waals surface area (Å²) >= 11 is 0. The Labute approximate surface area is 159 Å². The number of hydrogen-bond acceptors (Lipinski definition) is 6. The smallest absolute Gasteiger partial charge is 0.229 e. The van der Waals surface area contributed by atoms with E-state index in [9.17, 15) is 0 Å². The molecule has 0 saturated heterocycles. The van der Waals surface area contributed by atoms with E-state index in [4.69, 9.17) is 9.47 Å². The first kappa shape index (κ1) is 18.5. The Kier molecular flexibility index (Phi) is 5.76. The molecule has 6 heteroatoms. The predicted octanol–water partition coefficient (Wildman–Crippen LogP) is 4.85. The molecule has 0 saturated carbocycles. The summed E-state index contributed by atoms with van der Waals surface area (Å²) in [6, 6.07) is 15.7. The van der Waals surface area contributed by atoms with Gasteiger partial charge in [-0.05, 0) is 37.1 Å². The molecule has 140 valence electrons. The number of methoxy groups -OCH3 is 2. The lowest BCUT2D eigenvalue weighted by Crippen LogP contribution is -2.04. The average Bonchev–Trinajstić information content (AvgIpc) is 2.67. The summed E-state index contributed by atoms with van der Waals surface area (Å²) in [4.78, 5) is 9.09. The van der Waals surface area contributed by atoms with E-state index in [1.807, 2.05) is 49.4 Å². The van der Waals surface area contributed by atoms with Gasteiger partial charge >= 0.3 is 0 Å². The summed E-state index contributed by atoms with van der Waals surface area (Å²) in [6.45, 7) is 4.07. The van der Waals surface area contributed by atoms with Gasteiger partial charge in [0.1, 0.15) is 5.82 Å². The molecule has 0 unspecified atom stereocenters. The quantitative estimate of drug-likeness (QED) is 0.624. The van der Waals surface area contributed by atoms with Crippen LogP contribution in [0.1, 0.15) is 18.2 Å². The van der Waals surface area contributed by atoms with Crippen LogP contribution in [-0.2, 0) is 6.42 Å². The summed E-state index contributed by atoms with van der Waals surface area (Å²) in [5.41, 5.74) is 3.95. The van der Waals surface area contributed by atoms with Crippen LogP contribution < -0.4 is 20.1 Å². The van der Waals surface area contributed by atoms with Crippen LogP contribution in [0.15, 0.2) is 48.5 Å². The number of hydrogen-bond donors (Lipinski definition) is 2. The fourth-order valence-electron chi connectivity index (χ4n) is 2.82. The van der Waals surface area contributed by atoms with E-state index >= 15 is 0 Å². The summed E-state index contributed by atoms with van der Waals surface area (Å²) in [6.07, 6.45) is 0.936. The highest BCUT2D eigenvalue weighted by atomic mass is 16.5. The maximum absolute atomic E-state index is 5.36. The second kappa shape index (κ2) is 8.40. The fourth-order valence-corrected chi connectivity index (χ4v) is 2.82. The Morgan fingerprint density at radius 3 is 2.41 bits per heavy atom. The van der Waals surface area contributed by atoms with Crippen LogP contribution in [0, 0.1) is 6.92 Å². The predicted molar refractivity (Wildman–Crippen MR) is 109 cm³/mol. The molecule has 0 aliphatic rings. The molecule has 0 aliphatic carbocycles. The Morgan fingerprint density at radius 2 is 1.67 bits per heavy atom. The van der Waals surface area contributed by atoms with Gasteiger partial charge in [0, 0.05) is 29.2 Å². The van der Waals surface area contributed by atoms with Gasteiger partial charge in [0.25, 0.3) is 0 Å². The molecule has 2 aromatic carbocycles. The molecule has 0 bridgehead atoms. The zero-order valence-corrected chi connectivity index (χ0v) is 16.0. The number of nitrogens with zero attached hydrogens (tertiary/aromatic N) is 2. The fraction of sp³-hybridized carbons (Fsp3) is 0.238. The van der Waals surface area contributed by atoms with E-state index in [1.165, 1.54) is 5.56 Å². The SMILES string of the molecule is CCc1ccccc1Nc1nc(C)cc(Nc2ccc(OC)c(OC)c2)n1. The molecule has 3 rings (SSSR count).